The number of carbonyl (C=O) groups is 1. The highest BCUT2D eigenvalue weighted by Crippen LogP contribution is 2.47. The molecule has 2 fully saturated rings. The van der Waals surface area contributed by atoms with Crippen molar-refractivity contribution < 1.29 is 4.79 Å². The van der Waals surface area contributed by atoms with Crippen LogP contribution in [0.5, 0.6) is 0 Å². The third-order valence-electron chi connectivity index (χ3n) is 4.65. The van der Waals surface area contributed by atoms with Gasteiger partial charge in [-0.05, 0) is 68.3 Å². The molecule has 1 aliphatic heterocycles. The van der Waals surface area contributed by atoms with Gasteiger partial charge in [-0.25, -0.2) is 0 Å². The average Bonchev–Trinajstić information content (AvgIpc) is 3.29. The minimum absolute atomic E-state index is 0.184. The summed E-state index contributed by atoms with van der Waals surface area (Å²) in [4.78, 5) is 12.2. The molecule has 0 bridgehead atoms. The number of benzene rings is 1. The van der Waals surface area contributed by atoms with Crippen LogP contribution in [0.2, 0.25) is 0 Å². The lowest BCUT2D eigenvalue weighted by molar-refractivity contribution is -0.122. The fraction of sp³-hybridized carbons (Fsp3) is 0.588. The Labute approximate surface area is 135 Å². The van der Waals surface area contributed by atoms with Crippen LogP contribution in [-0.4, -0.2) is 25.5 Å². The molecular formula is C17H23BrN2O. The van der Waals surface area contributed by atoms with E-state index in [0.29, 0.717) is 5.92 Å². The maximum Gasteiger partial charge on any atom is 0.223 e. The first-order valence-corrected chi connectivity index (χ1v) is 8.77. The van der Waals surface area contributed by atoms with E-state index >= 15 is 0 Å². The monoisotopic (exact) mass is 350 g/mol. The number of amides is 1. The Kier molecular flexibility index (Phi) is 4.96. The molecule has 2 aliphatic rings. The van der Waals surface area contributed by atoms with E-state index in [2.05, 4.69) is 38.7 Å². The van der Waals surface area contributed by atoms with Gasteiger partial charge in [0.25, 0.3) is 0 Å². The first-order valence-electron chi connectivity index (χ1n) is 7.98. The molecule has 114 valence electrons. The van der Waals surface area contributed by atoms with Crippen LogP contribution in [0.4, 0.5) is 0 Å². The van der Waals surface area contributed by atoms with Crippen molar-refractivity contribution in [3.63, 3.8) is 0 Å². The number of nitrogens with one attached hydrogen (secondary N) is 2. The van der Waals surface area contributed by atoms with Crippen molar-refractivity contribution in [2.45, 2.75) is 31.6 Å². The summed E-state index contributed by atoms with van der Waals surface area (Å²) in [6.45, 7) is 3.09. The molecule has 1 saturated heterocycles. The molecule has 0 spiro atoms. The smallest absolute Gasteiger partial charge is 0.223 e. The molecule has 0 aromatic heterocycles. The lowest BCUT2D eigenvalue weighted by atomic mass is 9.96. The minimum Gasteiger partial charge on any atom is -0.356 e. The zero-order valence-electron chi connectivity index (χ0n) is 12.3. The van der Waals surface area contributed by atoms with Crippen LogP contribution < -0.4 is 10.6 Å². The molecule has 1 aliphatic carbocycles. The second-order valence-electron chi connectivity index (χ2n) is 6.30. The maximum absolute atomic E-state index is 12.2. The number of hydrogen-bond acceptors (Lipinski definition) is 2. The molecule has 1 heterocycles. The molecule has 3 atom stereocenters. The van der Waals surface area contributed by atoms with Gasteiger partial charge in [-0.2, -0.15) is 0 Å². The van der Waals surface area contributed by atoms with Crippen LogP contribution >= 0.6 is 15.9 Å². The summed E-state index contributed by atoms with van der Waals surface area (Å²) in [5, 5.41) is 6.55. The van der Waals surface area contributed by atoms with Gasteiger partial charge in [-0.1, -0.05) is 28.1 Å². The van der Waals surface area contributed by atoms with Gasteiger partial charge in [0.2, 0.25) is 5.91 Å². The number of carbonyl (C=O) groups excluding carboxylic acids is 1. The molecular weight excluding hydrogens is 328 g/mol. The Bertz CT molecular complexity index is 499. The van der Waals surface area contributed by atoms with Crippen molar-refractivity contribution in [1.29, 1.82) is 0 Å². The van der Waals surface area contributed by atoms with Crippen LogP contribution in [0, 0.1) is 11.8 Å². The van der Waals surface area contributed by atoms with Crippen molar-refractivity contribution in [3.8, 4) is 0 Å². The fourth-order valence-electron chi connectivity index (χ4n) is 3.29. The van der Waals surface area contributed by atoms with E-state index in [1.807, 2.05) is 12.1 Å². The molecule has 3 unspecified atom stereocenters. The Morgan fingerprint density at radius 3 is 3.10 bits per heavy atom. The van der Waals surface area contributed by atoms with Gasteiger partial charge in [-0.3, -0.25) is 4.79 Å². The van der Waals surface area contributed by atoms with Gasteiger partial charge in [0.15, 0.2) is 0 Å². The van der Waals surface area contributed by atoms with Crippen LogP contribution in [-0.2, 0) is 4.79 Å². The maximum atomic E-state index is 12.2. The van der Waals surface area contributed by atoms with E-state index in [-0.39, 0.29) is 11.8 Å². The van der Waals surface area contributed by atoms with Crippen molar-refractivity contribution in [3.05, 3.63) is 34.3 Å². The van der Waals surface area contributed by atoms with Gasteiger partial charge in [0.1, 0.15) is 0 Å². The van der Waals surface area contributed by atoms with E-state index in [1.54, 1.807) is 0 Å². The molecule has 3 nitrogen and oxygen atoms in total. The van der Waals surface area contributed by atoms with Crippen LogP contribution in [0.25, 0.3) is 0 Å². The van der Waals surface area contributed by atoms with Gasteiger partial charge < -0.3 is 10.6 Å². The second kappa shape index (κ2) is 6.93. The highest BCUT2D eigenvalue weighted by molar-refractivity contribution is 9.10. The lowest BCUT2D eigenvalue weighted by Gasteiger charge is -2.22. The highest BCUT2D eigenvalue weighted by Gasteiger charge is 2.43. The van der Waals surface area contributed by atoms with Crippen LogP contribution in [0.3, 0.4) is 0 Å². The quantitative estimate of drug-likeness (QED) is 0.856. The Balaban J connectivity index is 1.41. The molecule has 1 amide bonds. The van der Waals surface area contributed by atoms with Gasteiger partial charge >= 0.3 is 0 Å². The molecule has 21 heavy (non-hydrogen) atoms. The predicted octanol–water partition coefficient (Wildman–Crippen LogP) is 3.06. The molecule has 1 aromatic carbocycles. The minimum atomic E-state index is 0.184. The Hall–Kier alpha value is -0.870. The summed E-state index contributed by atoms with van der Waals surface area (Å²) in [5.74, 6) is 1.57. The normalized spacial score (nSPS) is 28.1. The number of halogens is 1. The second-order valence-corrected chi connectivity index (χ2v) is 7.21. The summed E-state index contributed by atoms with van der Waals surface area (Å²) >= 11 is 3.49. The SMILES string of the molecule is O=C(NCCC1CCCNC1)C1CC1c1cccc(Br)c1. The standard InChI is InChI=1S/C17H23BrN2O/c18-14-5-1-4-13(9-14)15-10-16(15)17(21)20-8-6-12-3-2-7-19-11-12/h1,4-5,9,12,15-16,19H,2-3,6-8,10-11H2,(H,20,21). The highest BCUT2D eigenvalue weighted by atomic mass is 79.9. The van der Waals surface area contributed by atoms with E-state index in [1.165, 1.54) is 18.4 Å². The summed E-state index contributed by atoms with van der Waals surface area (Å²) in [5.41, 5.74) is 1.28. The number of hydrogen-bond donors (Lipinski definition) is 2. The van der Waals surface area contributed by atoms with Gasteiger partial charge in [0.05, 0.1) is 0 Å². The molecule has 1 saturated carbocycles. The summed E-state index contributed by atoms with van der Waals surface area (Å²) in [6, 6.07) is 8.32. The molecule has 0 radical (unpaired) electrons. The van der Waals surface area contributed by atoms with Crippen molar-refractivity contribution in [2.24, 2.45) is 11.8 Å². The summed E-state index contributed by atoms with van der Waals surface area (Å²) < 4.78 is 1.09. The fourth-order valence-corrected chi connectivity index (χ4v) is 3.71. The third-order valence-corrected chi connectivity index (χ3v) is 5.15. The van der Waals surface area contributed by atoms with E-state index in [9.17, 15) is 4.79 Å². The average molecular weight is 351 g/mol. The van der Waals surface area contributed by atoms with Gasteiger partial charge in [0, 0.05) is 16.9 Å². The predicted molar refractivity (Wildman–Crippen MR) is 88.2 cm³/mol. The van der Waals surface area contributed by atoms with Crippen LogP contribution in [0.1, 0.15) is 37.2 Å². The molecule has 4 heteroatoms. The van der Waals surface area contributed by atoms with E-state index in [0.717, 1.165) is 42.9 Å². The van der Waals surface area contributed by atoms with Gasteiger partial charge in [-0.15, -0.1) is 0 Å². The first-order chi connectivity index (χ1) is 10.2. The lowest BCUT2D eigenvalue weighted by Crippen LogP contribution is -2.33. The zero-order valence-corrected chi connectivity index (χ0v) is 13.9. The zero-order chi connectivity index (χ0) is 14.7. The Morgan fingerprint density at radius 2 is 2.33 bits per heavy atom. The van der Waals surface area contributed by atoms with E-state index < -0.39 is 0 Å². The first kappa shape index (κ1) is 15.0. The molecule has 3 rings (SSSR count). The van der Waals surface area contributed by atoms with E-state index in [4.69, 9.17) is 0 Å². The summed E-state index contributed by atoms with van der Waals surface area (Å²) in [7, 11) is 0. The van der Waals surface area contributed by atoms with Crippen molar-refractivity contribution in [2.75, 3.05) is 19.6 Å². The number of piperidine rings is 1. The topological polar surface area (TPSA) is 41.1 Å². The summed E-state index contributed by atoms with van der Waals surface area (Å²) in [6.07, 6.45) is 4.67. The van der Waals surface area contributed by atoms with Crippen molar-refractivity contribution >= 4 is 21.8 Å². The number of rotatable bonds is 5. The van der Waals surface area contributed by atoms with Crippen molar-refractivity contribution in [1.82, 2.24) is 10.6 Å². The molecule has 1 aromatic rings. The molecule has 2 N–H and O–H groups in total. The van der Waals surface area contributed by atoms with Crippen LogP contribution in [0.15, 0.2) is 28.7 Å². The third kappa shape index (κ3) is 4.07. The Morgan fingerprint density at radius 1 is 1.43 bits per heavy atom. The largest absolute Gasteiger partial charge is 0.356 e.